The fourth-order valence-corrected chi connectivity index (χ4v) is 0.694. The highest BCUT2D eigenvalue weighted by Gasteiger charge is 2.18. The summed E-state index contributed by atoms with van der Waals surface area (Å²) in [5.74, 6) is 0. The van der Waals surface area contributed by atoms with Crippen molar-refractivity contribution in [1.29, 1.82) is 0 Å². The summed E-state index contributed by atoms with van der Waals surface area (Å²) in [6.45, 7) is 9.64. The molecule has 0 bridgehead atoms. The lowest BCUT2D eigenvalue weighted by molar-refractivity contribution is 0.400. The molecule has 0 aromatic rings. The first-order chi connectivity index (χ1) is 4.77. The molecule has 0 aliphatic heterocycles. The zero-order chi connectivity index (χ0) is 9.12. The van der Waals surface area contributed by atoms with Gasteiger partial charge in [-0.05, 0) is 33.6 Å². The van der Waals surface area contributed by atoms with Gasteiger partial charge in [0.1, 0.15) is 0 Å². The van der Waals surface area contributed by atoms with Crippen molar-refractivity contribution in [2.24, 2.45) is 11.5 Å². The predicted molar refractivity (Wildman–Crippen MR) is 50.3 cm³/mol. The van der Waals surface area contributed by atoms with Crippen LogP contribution in [0.2, 0.25) is 0 Å². The van der Waals surface area contributed by atoms with Crippen molar-refractivity contribution in [3.05, 3.63) is 12.7 Å². The molecule has 1 atom stereocenters. The normalized spacial score (nSPS) is 17.5. The number of nitrogens with two attached hydrogens (primary N) is 2. The van der Waals surface area contributed by atoms with E-state index < -0.39 is 0 Å². The molecule has 0 aromatic carbocycles. The minimum absolute atomic E-state index is 0.121. The Labute approximate surface area is 69.6 Å². The van der Waals surface area contributed by atoms with Gasteiger partial charge < -0.3 is 11.5 Å². The van der Waals surface area contributed by atoms with Gasteiger partial charge in [-0.25, -0.2) is 0 Å². The molecule has 66 valence electrons. The van der Waals surface area contributed by atoms with Crippen LogP contribution in [0, 0.1) is 0 Å². The van der Waals surface area contributed by atoms with Gasteiger partial charge in [0.25, 0.3) is 0 Å². The Morgan fingerprint density at radius 1 is 1.18 bits per heavy atom. The first-order valence-corrected chi connectivity index (χ1v) is 3.98. The van der Waals surface area contributed by atoms with Gasteiger partial charge in [-0.3, -0.25) is 0 Å². The highest BCUT2D eigenvalue weighted by atomic mass is 14.7. The van der Waals surface area contributed by atoms with Crippen LogP contribution < -0.4 is 11.5 Å². The summed E-state index contributed by atoms with van der Waals surface area (Å²) in [6, 6.07) is 0. The predicted octanol–water partition coefficient (Wildman–Crippen LogP) is 1.41. The van der Waals surface area contributed by atoms with Crippen molar-refractivity contribution in [2.45, 2.75) is 44.7 Å². The Balaban J connectivity index is 3.79. The van der Waals surface area contributed by atoms with Crippen molar-refractivity contribution in [3.8, 4) is 0 Å². The molecule has 0 amide bonds. The second-order valence-corrected chi connectivity index (χ2v) is 4.20. The van der Waals surface area contributed by atoms with Crippen LogP contribution in [0.4, 0.5) is 0 Å². The third-order valence-corrected chi connectivity index (χ3v) is 1.77. The van der Waals surface area contributed by atoms with Crippen LogP contribution >= 0.6 is 0 Å². The van der Waals surface area contributed by atoms with Gasteiger partial charge in [0, 0.05) is 11.1 Å². The van der Waals surface area contributed by atoms with Gasteiger partial charge >= 0.3 is 0 Å². The summed E-state index contributed by atoms with van der Waals surface area (Å²) in [5.41, 5.74) is 11.3. The van der Waals surface area contributed by atoms with Crippen LogP contribution in [0.3, 0.4) is 0 Å². The van der Waals surface area contributed by atoms with Crippen molar-refractivity contribution in [1.82, 2.24) is 0 Å². The minimum atomic E-state index is -0.267. The Bertz CT molecular complexity index is 131. The van der Waals surface area contributed by atoms with Crippen LogP contribution in [0.5, 0.6) is 0 Å². The average molecular weight is 156 g/mol. The van der Waals surface area contributed by atoms with E-state index in [1.54, 1.807) is 6.08 Å². The van der Waals surface area contributed by atoms with E-state index in [9.17, 15) is 0 Å². The SMILES string of the molecule is C=CC(C)(N)CCC(C)(C)N. The first kappa shape index (κ1) is 10.7. The Hall–Kier alpha value is -0.340. The van der Waals surface area contributed by atoms with Crippen LogP contribution in [0.25, 0.3) is 0 Å². The minimum Gasteiger partial charge on any atom is -0.326 e. The Morgan fingerprint density at radius 3 is 1.91 bits per heavy atom. The molecule has 0 saturated heterocycles. The summed E-state index contributed by atoms with van der Waals surface area (Å²) in [5, 5.41) is 0. The van der Waals surface area contributed by atoms with E-state index in [2.05, 4.69) is 6.58 Å². The zero-order valence-electron chi connectivity index (χ0n) is 7.85. The summed E-state index contributed by atoms with van der Waals surface area (Å²) >= 11 is 0. The number of rotatable bonds is 4. The lowest BCUT2D eigenvalue weighted by Crippen LogP contribution is -2.39. The van der Waals surface area contributed by atoms with Crippen LogP contribution in [-0.4, -0.2) is 11.1 Å². The molecular formula is C9H20N2. The fraction of sp³-hybridized carbons (Fsp3) is 0.778. The average Bonchev–Trinajstić information content (AvgIpc) is 1.83. The topological polar surface area (TPSA) is 52.0 Å². The van der Waals surface area contributed by atoms with Gasteiger partial charge in [-0.1, -0.05) is 6.08 Å². The third-order valence-electron chi connectivity index (χ3n) is 1.77. The van der Waals surface area contributed by atoms with Crippen LogP contribution in [-0.2, 0) is 0 Å². The summed E-state index contributed by atoms with van der Waals surface area (Å²) in [7, 11) is 0. The summed E-state index contributed by atoms with van der Waals surface area (Å²) < 4.78 is 0. The lowest BCUT2D eigenvalue weighted by atomic mass is 9.90. The first-order valence-electron chi connectivity index (χ1n) is 3.98. The highest BCUT2D eigenvalue weighted by molar-refractivity contribution is 4.97. The maximum Gasteiger partial charge on any atom is 0.0308 e. The molecule has 0 spiro atoms. The fourth-order valence-electron chi connectivity index (χ4n) is 0.694. The molecule has 0 saturated carbocycles. The molecule has 0 fully saturated rings. The van der Waals surface area contributed by atoms with E-state index in [0.717, 1.165) is 12.8 Å². The molecule has 11 heavy (non-hydrogen) atoms. The molecule has 0 aliphatic rings. The lowest BCUT2D eigenvalue weighted by Gasteiger charge is -2.25. The molecule has 0 aliphatic carbocycles. The molecular weight excluding hydrogens is 136 g/mol. The molecule has 0 radical (unpaired) electrons. The van der Waals surface area contributed by atoms with Crippen molar-refractivity contribution in [3.63, 3.8) is 0 Å². The number of hydrogen-bond donors (Lipinski definition) is 2. The van der Waals surface area contributed by atoms with Crippen molar-refractivity contribution in [2.75, 3.05) is 0 Å². The second kappa shape index (κ2) is 3.37. The summed E-state index contributed by atoms with van der Waals surface area (Å²) in [6.07, 6.45) is 3.59. The van der Waals surface area contributed by atoms with Gasteiger partial charge in [-0.2, -0.15) is 0 Å². The van der Waals surface area contributed by atoms with Crippen molar-refractivity contribution < 1.29 is 0 Å². The summed E-state index contributed by atoms with van der Waals surface area (Å²) in [4.78, 5) is 0. The van der Waals surface area contributed by atoms with Crippen LogP contribution in [0.15, 0.2) is 12.7 Å². The second-order valence-electron chi connectivity index (χ2n) is 4.20. The molecule has 2 nitrogen and oxygen atoms in total. The van der Waals surface area contributed by atoms with Crippen molar-refractivity contribution >= 4 is 0 Å². The monoisotopic (exact) mass is 156 g/mol. The van der Waals surface area contributed by atoms with E-state index in [0.29, 0.717) is 0 Å². The van der Waals surface area contributed by atoms with Gasteiger partial charge in [0.2, 0.25) is 0 Å². The molecule has 1 unspecified atom stereocenters. The molecule has 0 heterocycles. The molecule has 4 N–H and O–H groups in total. The van der Waals surface area contributed by atoms with Gasteiger partial charge in [-0.15, -0.1) is 6.58 Å². The van der Waals surface area contributed by atoms with Gasteiger partial charge in [0.05, 0.1) is 0 Å². The quantitative estimate of drug-likeness (QED) is 0.605. The van der Waals surface area contributed by atoms with E-state index in [-0.39, 0.29) is 11.1 Å². The smallest absolute Gasteiger partial charge is 0.0308 e. The largest absolute Gasteiger partial charge is 0.326 e. The van der Waals surface area contributed by atoms with E-state index in [1.165, 1.54) is 0 Å². The van der Waals surface area contributed by atoms with E-state index >= 15 is 0 Å². The Morgan fingerprint density at radius 2 is 1.64 bits per heavy atom. The Kier molecular flexibility index (Phi) is 3.27. The maximum absolute atomic E-state index is 5.85. The maximum atomic E-state index is 5.85. The third kappa shape index (κ3) is 6.07. The number of hydrogen-bond acceptors (Lipinski definition) is 2. The van der Waals surface area contributed by atoms with Crippen LogP contribution in [0.1, 0.15) is 33.6 Å². The van der Waals surface area contributed by atoms with E-state index in [1.807, 2.05) is 20.8 Å². The van der Waals surface area contributed by atoms with E-state index in [4.69, 9.17) is 11.5 Å². The molecule has 0 aromatic heterocycles. The van der Waals surface area contributed by atoms with Gasteiger partial charge in [0.15, 0.2) is 0 Å². The standard InChI is InChI=1S/C9H20N2/c1-5-9(4,11)7-6-8(2,3)10/h5H,1,6-7,10-11H2,2-4H3. The molecule has 0 rings (SSSR count). The molecule has 2 heteroatoms. The highest BCUT2D eigenvalue weighted by Crippen LogP contribution is 2.15. The zero-order valence-corrected chi connectivity index (χ0v) is 7.85.